The molecule has 2 amide bonds. The normalized spacial score (nSPS) is 27.4. The van der Waals surface area contributed by atoms with Gasteiger partial charge in [0.05, 0.1) is 29.2 Å². The summed E-state index contributed by atoms with van der Waals surface area (Å²) in [5.74, 6) is 4.06. The van der Waals surface area contributed by atoms with E-state index in [1.807, 2.05) is 37.5 Å². The second kappa shape index (κ2) is 22.5. The van der Waals surface area contributed by atoms with Crippen molar-refractivity contribution in [1.29, 1.82) is 5.26 Å². The standard InChI is InChI=1S/C59H80ClN7O5/c1-38(2)40-20-22-51(48(31-40)49-37-65(7)54(69)52-47(49)23-27-62-52)71-45-18-14-17-44(32-45)70-30-26-39-24-28-66(29-25-39)57-63-35-42(36-67(57)43-15-12-10-8-9-11-13-16-43)53(68)64-55-58(3,4)56(59(55,5)6)72-46-21-19-41(34-61)50(60)33-46/h14,17-22,31-33,37-39,42-43,47,52,55-57,62-63H,8-13,15-16,23-30,35-36H2,1-7H3,(H,64,68). The predicted molar refractivity (Wildman–Crippen MR) is 285 cm³/mol. The Hall–Kier alpha value is -4.64. The quantitative estimate of drug-likeness (QED) is 0.143. The van der Waals surface area contributed by atoms with E-state index >= 15 is 0 Å². The molecule has 3 saturated heterocycles. The van der Waals surface area contributed by atoms with Crippen LogP contribution in [0.3, 0.4) is 0 Å². The summed E-state index contributed by atoms with van der Waals surface area (Å²) in [6.07, 6.45) is 16.1. The summed E-state index contributed by atoms with van der Waals surface area (Å²) in [4.78, 5) is 34.5. The zero-order chi connectivity index (χ0) is 50.7. The molecule has 0 aromatic heterocycles. The number of halogens is 1. The Labute approximate surface area is 434 Å². The molecule has 3 N–H and O–H groups in total. The summed E-state index contributed by atoms with van der Waals surface area (Å²) in [7, 11) is 1.85. The first kappa shape index (κ1) is 52.2. The maximum Gasteiger partial charge on any atom is 0.244 e. The number of hydrogen-bond donors (Lipinski definition) is 3. The molecule has 4 heterocycles. The Morgan fingerprint density at radius 3 is 2.32 bits per heavy atom. The maximum atomic E-state index is 14.4. The molecule has 3 aromatic carbocycles. The zero-order valence-corrected chi connectivity index (χ0v) is 44.7. The van der Waals surface area contributed by atoms with Crippen LogP contribution in [0, 0.1) is 39.9 Å². The third-order valence-corrected chi connectivity index (χ3v) is 17.6. The molecule has 5 fully saturated rings. The van der Waals surface area contributed by atoms with Gasteiger partial charge in [0.1, 0.15) is 41.5 Å². The van der Waals surface area contributed by atoms with Gasteiger partial charge in [0.15, 0.2) is 0 Å². The number of piperidine rings is 1. The third kappa shape index (κ3) is 11.2. The van der Waals surface area contributed by atoms with Crippen LogP contribution in [0.2, 0.25) is 5.02 Å². The van der Waals surface area contributed by atoms with Gasteiger partial charge in [-0.2, -0.15) is 5.26 Å². The van der Waals surface area contributed by atoms with Gasteiger partial charge >= 0.3 is 0 Å². The van der Waals surface area contributed by atoms with Crippen LogP contribution in [0.4, 0.5) is 0 Å². The summed E-state index contributed by atoms with van der Waals surface area (Å²) < 4.78 is 19.7. The van der Waals surface area contributed by atoms with E-state index in [0.29, 0.717) is 47.4 Å². The van der Waals surface area contributed by atoms with E-state index in [9.17, 15) is 14.9 Å². The van der Waals surface area contributed by atoms with Crippen LogP contribution in [-0.2, 0) is 9.59 Å². The monoisotopic (exact) mass is 1000 g/mol. The van der Waals surface area contributed by atoms with Crippen molar-refractivity contribution in [2.45, 2.75) is 155 Å². The number of ether oxygens (including phenoxy) is 3. The van der Waals surface area contributed by atoms with Gasteiger partial charge in [-0.1, -0.05) is 104 Å². The summed E-state index contributed by atoms with van der Waals surface area (Å²) >= 11 is 6.37. The van der Waals surface area contributed by atoms with Crippen molar-refractivity contribution in [1.82, 2.24) is 30.7 Å². The predicted octanol–water partition coefficient (Wildman–Crippen LogP) is 10.7. The topological polar surface area (TPSA) is 131 Å². The van der Waals surface area contributed by atoms with Crippen LogP contribution in [0.15, 0.2) is 66.9 Å². The van der Waals surface area contributed by atoms with E-state index in [4.69, 9.17) is 25.8 Å². The highest BCUT2D eigenvalue weighted by Crippen LogP contribution is 2.56. The summed E-state index contributed by atoms with van der Waals surface area (Å²) in [6.45, 7) is 18.0. The summed E-state index contributed by atoms with van der Waals surface area (Å²) in [5.41, 5.74) is 3.20. The van der Waals surface area contributed by atoms with Crippen LogP contribution < -0.4 is 30.2 Å². The number of fused-ring (bicyclic) bond motifs is 1. The number of carbonyl (C=O) groups is 2. The second-order valence-electron chi connectivity index (χ2n) is 23.3. The van der Waals surface area contributed by atoms with Gasteiger partial charge in [0, 0.05) is 86.0 Å². The third-order valence-electron chi connectivity index (χ3n) is 17.3. The number of amides is 2. The Kier molecular flexibility index (Phi) is 16.3. The number of carbonyl (C=O) groups excluding carboxylic acids is 2. The summed E-state index contributed by atoms with van der Waals surface area (Å²) in [5, 5.41) is 20.7. The molecule has 4 aliphatic heterocycles. The molecular weight excluding hydrogens is 922 g/mol. The molecule has 4 atom stereocenters. The average molecular weight is 1000 g/mol. The number of rotatable bonds is 14. The van der Waals surface area contributed by atoms with Crippen LogP contribution in [0.5, 0.6) is 23.0 Å². The Bertz CT molecular complexity index is 2450. The van der Waals surface area contributed by atoms with E-state index in [1.54, 1.807) is 23.1 Å². The smallest absolute Gasteiger partial charge is 0.244 e. The zero-order valence-electron chi connectivity index (χ0n) is 44.0. The van der Waals surface area contributed by atoms with Gasteiger partial charge in [-0.15, -0.1) is 0 Å². The molecule has 4 unspecified atom stereocenters. The second-order valence-corrected chi connectivity index (χ2v) is 23.7. The fraction of sp³-hybridized carbons (Fsp3) is 0.610. The lowest BCUT2D eigenvalue weighted by Gasteiger charge is -2.63. The lowest BCUT2D eigenvalue weighted by atomic mass is 9.49. The van der Waals surface area contributed by atoms with Gasteiger partial charge in [-0.05, 0) is 104 Å². The van der Waals surface area contributed by atoms with Crippen molar-refractivity contribution in [3.63, 3.8) is 0 Å². The lowest BCUT2D eigenvalue weighted by molar-refractivity contribution is -0.176. The molecule has 0 bridgehead atoms. The van der Waals surface area contributed by atoms with Crippen molar-refractivity contribution >= 4 is 29.0 Å². The van der Waals surface area contributed by atoms with Crippen molar-refractivity contribution < 1.29 is 23.8 Å². The summed E-state index contributed by atoms with van der Waals surface area (Å²) in [6, 6.07) is 22.0. The van der Waals surface area contributed by atoms with E-state index in [-0.39, 0.29) is 59.0 Å². The molecule has 3 aromatic rings. The lowest BCUT2D eigenvalue weighted by Crippen LogP contribution is -2.75. The minimum absolute atomic E-state index is 0.0759. The minimum Gasteiger partial charge on any atom is -0.493 e. The van der Waals surface area contributed by atoms with E-state index in [2.05, 4.69) is 91.6 Å². The highest BCUT2D eigenvalue weighted by Gasteiger charge is 2.64. The molecular formula is C59H80ClN7O5. The number of hydrogen-bond acceptors (Lipinski definition) is 10. The Balaban J connectivity index is 0.801. The van der Waals surface area contributed by atoms with Crippen molar-refractivity contribution in [2.75, 3.05) is 46.4 Å². The fourth-order valence-electron chi connectivity index (χ4n) is 13.4. The molecule has 0 radical (unpaired) electrons. The number of benzene rings is 3. The SMILES string of the molecule is CC(C)c1ccc(Oc2cccc(OCCC3CCN(C4NCC(C(=O)NC5C(C)(C)C(Oc6ccc(C#N)c(Cl)c6)C5(C)C)CN4C4CCCCCCCC4)CC3)c2)c(C2=CN(C)C(=O)C3NCCC23)c1. The molecule has 72 heavy (non-hydrogen) atoms. The number of likely N-dealkylation sites (tertiary alicyclic amines) is 1. The molecule has 0 spiro atoms. The van der Waals surface area contributed by atoms with Crippen LogP contribution in [0.1, 0.15) is 141 Å². The minimum atomic E-state index is -0.326. The van der Waals surface area contributed by atoms with E-state index in [0.717, 1.165) is 80.2 Å². The first-order valence-electron chi connectivity index (χ1n) is 27.3. The molecule has 2 saturated carbocycles. The highest BCUT2D eigenvalue weighted by atomic mass is 35.5. The highest BCUT2D eigenvalue weighted by molar-refractivity contribution is 6.31. The molecule has 9 rings (SSSR count). The fourth-order valence-corrected chi connectivity index (χ4v) is 13.6. The maximum absolute atomic E-state index is 14.4. The van der Waals surface area contributed by atoms with Crippen molar-refractivity contribution in [3.8, 4) is 29.1 Å². The first-order chi connectivity index (χ1) is 34.6. The van der Waals surface area contributed by atoms with Crippen LogP contribution >= 0.6 is 11.6 Å². The van der Waals surface area contributed by atoms with Crippen LogP contribution in [0.25, 0.3) is 5.57 Å². The van der Waals surface area contributed by atoms with Gasteiger partial charge in [-0.25, -0.2) is 0 Å². The van der Waals surface area contributed by atoms with E-state index in [1.165, 1.54) is 56.9 Å². The number of likely N-dealkylation sites (N-methyl/N-ethyl adjacent to an activating group) is 1. The Morgan fingerprint density at radius 2 is 1.61 bits per heavy atom. The van der Waals surface area contributed by atoms with Gasteiger partial charge in [-0.3, -0.25) is 24.7 Å². The molecule has 2 aliphatic carbocycles. The van der Waals surface area contributed by atoms with Crippen LogP contribution in [-0.4, -0.2) is 103 Å². The van der Waals surface area contributed by atoms with Gasteiger partial charge in [0.25, 0.3) is 0 Å². The van der Waals surface area contributed by atoms with Crippen molar-refractivity contribution in [2.24, 2.45) is 28.6 Å². The Morgan fingerprint density at radius 1 is 0.889 bits per heavy atom. The number of nitrogens with zero attached hydrogens (tertiary/aromatic N) is 4. The largest absolute Gasteiger partial charge is 0.493 e. The average Bonchev–Trinajstić information content (AvgIpc) is 3.91. The van der Waals surface area contributed by atoms with Gasteiger partial charge in [0.2, 0.25) is 11.8 Å². The van der Waals surface area contributed by atoms with Crippen molar-refractivity contribution in [3.05, 3.63) is 88.6 Å². The number of nitriles is 1. The molecule has 388 valence electrons. The molecule has 6 aliphatic rings. The molecule has 13 heteroatoms. The first-order valence-corrected chi connectivity index (χ1v) is 27.7. The molecule has 12 nitrogen and oxygen atoms in total. The van der Waals surface area contributed by atoms with Gasteiger partial charge < -0.3 is 29.7 Å². The number of nitrogens with one attached hydrogen (secondary N) is 3. The van der Waals surface area contributed by atoms with E-state index < -0.39 is 0 Å².